The van der Waals surface area contributed by atoms with Crippen LogP contribution in [0.15, 0.2) is 23.1 Å². The maximum absolute atomic E-state index is 13.3. The number of hydrogen-bond donors (Lipinski definition) is 0. The molecule has 0 fully saturated rings. The molecular weight excluding hydrogens is 372 g/mol. The molecule has 0 saturated heterocycles. The first-order chi connectivity index (χ1) is 9.28. The van der Waals surface area contributed by atoms with Gasteiger partial charge in [0.05, 0.1) is 11.2 Å². The Hall–Kier alpha value is -0.323. The second kappa shape index (κ2) is 7.06. The third-order valence-electron chi connectivity index (χ3n) is 1.85. The van der Waals surface area contributed by atoms with Gasteiger partial charge in [0, 0.05) is 0 Å². The topological polar surface area (TPSA) is 71.5 Å². The number of benzene rings is 1. The summed E-state index contributed by atoms with van der Waals surface area (Å²) in [6, 6.07) is 2.23. The van der Waals surface area contributed by atoms with Crippen molar-refractivity contribution in [2.75, 3.05) is 6.26 Å². The zero-order valence-electron chi connectivity index (χ0n) is 11.9. The van der Waals surface area contributed by atoms with E-state index in [-0.39, 0.29) is 26.5 Å². The largest absolute Gasteiger partial charge is 1.00 e. The number of hydrogen-bond acceptors (Lipinski definition) is 5. The smallest absolute Gasteiger partial charge is 1.00 e. The fourth-order valence-corrected chi connectivity index (χ4v) is 5.01. The van der Waals surface area contributed by atoms with Crippen molar-refractivity contribution in [2.45, 2.75) is 10.4 Å². The number of rotatable bonds is 4. The van der Waals surface area contributed by atoms with Crippen molar-refractivity contribution in [3.05, 3.63) is 29.8 Å². The van der Waals surface area contributed by atoms with Crippen LogP contribution in [0, 0.1) is 11.6 Å². The van der Waals surface area contributed by atoms with Gasteiger partial charge in [-0.15, -0.1) is 0 Å². The van der Waals surface area contributed by atoms with Crippen LogP contribution in [0.1, 0.15) is 1.43 Å². The summed E-state index contributed by atoms with van der Waals surface area (Å²) >= 11 is -0.607. The summed E-state index contributed by atoms with van der Waals surface area (Å²) in [6.45, 7) is 0. The second-order valence-corrected chi connectivity index (χ2v) is 8.81. The van der Waals surface area contributed by atoms with E-state index in [1.807, 2.05) is 0 Å². The third-order valence-corrected chi connectivity index (χ3v) is 7.28. The normalized spacial score (nSPS) is 13.0. The van der Waals surface area contributed by atoms with Gasteiger partial charge >= 0.3 is 34.4 Å². The average molecular weight is 379 g/mol. The number of nitrogens with zero attached hydrogens (tertiary/aromatic N) is 1. The Kier molecular flexibility index (Phi) is 6.96. The first kappa shape index (κ1) is 21.7. The van der Waals surface area contributed by atoms with Gasteiger partial charge in [0.25, 0.3) is 0 Å². The summed E-state index contributed by atoms with van der Waals surface area (Å²) in [5.41, 5.74) is -5.92. The second-order valence-electron chi connectivity index (χ2n) is 3.52. The first-order valence-electron chi connectivity index (χ1n) is 4.72. The van der Waals surface area contributed by atoms with Gasteiger partial charge in [0.1, 0.15) is 0 Å². The Morgan fingerprint density at radius 1 is 1.14 bits per heavy atom. The molecule has 0 atom stereocenters. The number of halogens is 5. The van der Waals surface area contributed by atoms with Gasteiger partial charge in [-0.1, -0.05) is 6.07 Å². The molecule has 22 heavy (non-hydrogen) atoms. The van der Waals surface area contributed by atoms with Crippen molar-refractivity contribution in [1.29, 1.82) is 0 Å². The predicted octanol–water partition coefficient (Wildman–Crippen LogP) is -0.800. The SMILES string of the molecule is CS(=O)(=O)N(Sc1cccc(F)c1F)S(=O)(=O)C(F)(F)F.[H-].[Li+]. The fraction of sp³-hybridized carbons (Fsp3) is 0.250. The van der Waals surface area contributed by atoms with Gasteiger partial charge in [-0.25, -0.2) is 25.6 Å². The van der Waals surface area contributed by atoms with E-state index in [4.69, 9.17) is 0 Å². The summed E-state index contributed by atoms with van der Waals surface area (Å²) in [5.74, 6) is -3.15. The van der Waals surface area contributed by atoms with E-state index in [0.29, 0.717) is 6.07 Å². The van der Waals surface area contributed by atoms with Crippen LogP contribution < -0.4 is 18.9 Å². The molecule has 0 unspecified atom stereocenters. The third kappa shape index (κ3) is 4.59. The van der Waals surface area contributed by atoms with E-state index < -0.39 is 57.1 Å². The summed E-state index contributed by atoms with van der Waals surface area (Å²) in [4.78, 5) is -0.937. The Morgan fingerprint density at radius 3 is 2.05 bits per heavy atom. The minimum absolute atomic E-state index is 0. The quantitative estimate of drug-likeness (QED) is 0.389. The van der Waals surface area contributed by atoms with Crippen molar-refractivity contribution >= 4 is 32.0 Å². The van der Waals surface area contributed by atoms with Crippen LogP contribution in [-0.2, 0) is 20.0 Å². The molecule has 0 saturated carbocycles. The molecule has 0 spiro atoms. The molecule has 0 amide bonds. The monoisotopic (exact) mass is 379 g/mol. The van der Waals surface area contributed by atoms with E-state index in [1.54, 1.807) is 0 Å². The molecule has 1 rings (SSSR count). The van der Waals surface area contributed by atoms with Crippen molar-refractivity contribution < 1.29 is 59.1 Å². The average Bonchev–Trinajstić information content (AvgIpc) is 2.27. The number of alkyl halides is 3. The van der Waals surface area contributed by atoms with Gasteiger partial charge in [0.2, 0.25) is 10.0 Å². The minimum atomic E-state index is -6.30. The van der Waals surface area contributed by atoms with Crippen molar-refractivity contribution in [2.24, 2.45) is 0 Å². The molecule has 0 radical (unpaired) electrons. The maximum Gasteiger partial charge on any atom is 1.00 e. The molecule has 0 bridgehead atoms. The van der Waals surface area contributed by atoms with Crippen LogP contribution in [0.2, 0.25) is 0 Å². The van der Waals surface area contributed by atoms with Gasteiger partial charge < -0.3 is 1.43 Å². The molecule has 0 aliphatic heterocycles. The van der Waals surface area contributed by atoms with Crippen molar-refractivity contribution in [1.82, 2.24) is 3.12 Å². The Bertz CT molecular complexity index is 755. The van der Waals surface area contributed by atoms with Gasteiger partial charge in [-0.05, 0) is 27.2 Å². The zero-order chi connectivity index (χ0) is 16.6. The predicted molar refractivity (Wildman–Crippen MR) is 65.0 cm³/mol. The summed E-state index contributed by atoms with van der Waals surface area (Å²) in [7, 11) is -11.2. The van der Waals surface area contributed by atoms with Gasteiger partial charge in [-0.2, -0.15) is 13.2 Å². The molecule has 122 valence electrons. The molecule has 0 aliphatic rings. The minimum Gasteiger partial charge on any atom is -1.00 e. The standard InChI is InChI=1S/C8H6F5NO4S3.Li.H/c1-20(15,16)14(21(17,18)8(11,12)13)19-6-4-2-3-5(9)7(6)10;;/h2-4H,1H3;;/q;+1;-1. The van der Waals surface area contributed by atoms with Crippen LogP contribution in [0.25, 0.3) is 0 Å². The Morgan fingerprint density at radius 2 is 1.64 bits per heavy atom. The summed E-state index contributed by atoms with van der Waals surface area (Å²) < 4.78 is 107. The van der Waals surface area contributed by atoms with E-state index >= 15 is 0 Å². The van der Waals surface area contributed by atoms with Gasteiger partial charge in [0.15, 0.2) is 11.6 Å². The molecular formula is C8H7F5LiNO4S3. The van der Waals surface area contributed by atoms with E-state index in [9.17, 15) is 38.8 Å². The number of sulfonamides is 2. The summed E-state index contributed by atoms with van der Waals surface area (Å²) in [6.07, 6.45) is 0.181. The van der Waals surface area contributed by atoms with Crippen LogP contribution in [-0.4, -0.2) is 31.7 Å². The molecule has 0 aliphatic carbocycles. The molecule has 1 aromatic carbocycles. The van der Waals surface area contributed by atoms with Gasteiger partial charge in [-0.3, -0.25) is 0 Å². The van der Waals surface area contributed by atoms with Crippen LogP contribution in [0.5, 0.6) is 0 Å². The van der Waals surface area contributed by atoms with E-state index in [2.05, 4.69) is 0 Å². The Balaban J connectivity index is 0. The Labute approximate surface area is 140 Å². The molecule has 1 aromatic rings. The molecule has 14 heteroatoms. The van der Waals surface area contributed by atoms with Crippen molar-refractivity contribution in [3.63, 3.8) is 0 Å². The molecule has 5 nitrogen and oxygen atoms in total. The molecule has 0 heterocycles. The van der Waals surface area contributed by atoms with Crippen LogP contribution in [0.3, 0.4) is 0 Å². The summed E-state index contributed by atoms with van der Waals surface area (Å²) in [5, 5.41) is 0. The maximum atomic E-state index is 13.3. The van der Waals surface area contributed by atoms with Crippen LogP contribution in [0.4, 0.5) is 22.0 Å². The molecule has 0 aromatic heterocycles. The van der Waals surface area contributed by atoms with Crippen LogP contribution >= 0.6 is 11.9 Å². The molecule has 0 N–H and O–H groups in total. The fourth-order valence-electron chi connectivity index (χ4n) is 1.01. The van der Waals surface area contributed by atoms with Crippen molar-refractivity contribution in [3.8, 4) is 0 Å². The van der Waals surface area contributed by atoms with E-state index in [0.717, 1.165) is 12.1 Å². The first-order valence-corrected chi connectivity index (χ1v) is 8.78. The van der Waals surface area contributed by atoms with E-state index in [1.165, 1.54) is 0 Å². The zero-order valence-corrected chi connectivity index (χ0v) is 13.4.